The second-order valence-electron chi connectivity index (χ2n) is 27.4. The Morgan fingerprint density at radius 3 is 1.51 bits per heavy atom. The molecule has 4 heteroatoms. The Labute approximate surface area is 471 Å². The van der Waals surface area contributed by atoms with Crippen molar-refractivity contribution in [1.29, 1.82) is 0 Å². The second-order valence-corrected chi connectivity index (χ2v) is 27.4. The van der Waals surface area contributed by atoms with E-state index in [1.165, 1.54) is 161 Å². The normalized spacial score (nSPS) is 14.4. The Morgan fingerprint density at radius 2 is 0.886 bits per heavy atom. The van der Waals surface area contributed by atoms with Crippen molar-refractivity contribution in [3.05, 3.63) is 213 Å². The van der Waals surface area contributed by atoms with E-state index in [0.29, 0.717) is 0 Å². The van der Waals surface area contributed by atoms with Gasteiger partial charge in [0, 0.05) is 38.9 Å². The van der Waals surface area contributed by atoms with Crippen molar-refractivity contribution in [2.45, 2.75) is 139 Å². The molecule has 3 aliphatic rings. The number of anilines is 6. The summed E-state index contributed by atoms with van der Waals surface area (Å²) in [6.45, 7) is 39.9. The van der Waals surface area contributed by atoms with Crippen LogP contribution >= 0.6 is 0 Å². The first kappa shape index (κ1) is 50.9. The average Bonchev–Trinajstić information content (AvgIpc) is 3.98. The van der Waals surface area contributed by atoms with E-state index in [2.05, 4.69) is 284 Å². The van der Waals surface area contributed by atoms with E-state index in [1.54, 1.807) is 0 Å². The number of hydrogen-bond acceptors (Lipinski definition) is 2. The predicted molar refractivity (Wildman–Crippen MR) is 342 cm³/mol. The molecule has 2 aliphatic heterocycles. The molecule has 0 bridgehead atoms. The molecule has 0 amide bonds. The molecule has 0 saturated carbocycles. The fourth-order valence-electron chi connectivity index (χ4n) is 14.4. The number of aromatic nitrogens is 1. The third-order valence-electron chi connectivity index (χ3n) is 18.5. The highest BCUT2D eigenvalue weighted by atomic mass is 15.2. The van der Waals surface area contributed by atoms with E-state index in [9.17, 15) is 0 Å². The maximum Gasteiger partial charge on any atom is 0.252 e. The van der Waals surface area contributed by atoms with E-state index in [-0.39, 0.29) is 28.4 Å². The van der Waals surface area contributed by atoms with E-state index in [0.717, 1.165) is 0 Å². The molecule has 0 radical (unpaired) electrons. The molecule has 0 saturated heterocycles. The molecule has 1 aromatic heterocycles. The molecule has 394 valence electrons. The summed E-state index contributed by atoms with van der Waals surface area (Å²) >= 11 is 0. The molecular formula is C75H76BN3. The van der Waals surface area contributed by atoms with Gasteiger partial charge in [0.25, 0.3) is 6.71 Å². The van der Waals surface area contributed by atoms with E-state index >= 15 is 0 Å². The minimum absolute atomic E-state index is 0.00709. The smallest absolute Gasteiger partial charge is 0.252 e. The molecule has 0 N–H and O–H groups in total. The minimum Gasteiger partial charge on any atom is -0.311 e. The van der Waals surface area contributed by atoms with Gasteiger partial charge < -0.3 is 14.4 Å². The number of aryl methyl sites for hydroxylation is 6. The van der Waals surface area contributed by atoms with Crippen LogP contribution in [0.5, 0.6) is 0 Å². The zero-order valence-electron chi connectivity index (χ0n) is 49.9. The molecule has 3 heterocycles. The van der Waals surface area contributed by atoms with E-state index in [1.807, 2.05) is 0 Å². The Hall–Kier alpha value is -7.56. The van der Waals surface area contributed by atoms with Gasteiger partial charge in [-0.25, -0.2) is 0 Å². The van der Waals surface area contributed by atoms with Crippen molar-refractivity contribution < 1.29 is 0 Å². The van der Waals surface area contributed by atoms with Gasteiger partial charge >= 0.3 is 0 Å². The molecular weight excluding hydrogens is 954 g/mol. The van der Waals surface area contributed by atoms with Crippen molar-refractivity contribution in [3.8, 4) is 27.9 Å². The lowest BCUT2D eigenvalue weighted by atomic mass is 9.33. The van der Waals surface area contributed by atoms with Crippen LogP contribution in [-0.2, 0) is 21.7 Å². The van der Waals surface area contributed by atoms with Crippen LogP contribution in [0.15, 0.2) is 152 Å². The summed E-state index contributed by atoms with van der Waals surface area (Å²) in [5.41, 5.74) is 34.6. The number of benzene rings is 9. The number of nitrogens with zero attached hydrogens (tertiary/aromatic N) is 3. The zero-order chi connectivity index (χ0) is 55.7. The highest BCUT2D eigenvalue weighted by Gasteiger charge is 2.46. The van der Waals surface area contributed by atoms with Gasteiger partial charge in [-0.3, -0.25) is 0 Å². The molecule has 0 spiro atoms. The Kier molecular flexibility index (Phi) is 11.1. The average molecular weight is 1030 g/mol. The summed E-state index contributed by atoms with van der Waals surface area (Å²) in [6, 6.07) is 59.6. The monoisotopic (exact) mass is 1030 g/mol. The van der Waals surface area contributed by atoms with Gasteiger partial charge in [0.1, 0.15) is 0 Å². The summed E-state index contributed by atoms with van der Waals surface area (Å²) in [5.74, 6) is 0. The maximum atomic E-state index is 2.71. The van der Waals surface area contributed by atoms with Crippen LogP contribution in [0.2, 0.25) is 0 Å². The van der Waals surface area contributed by atoms with Crippen LogP contribution in [-0.4, -0.2) is 11.3 Å². The zero-order valence-corrected chi connectivity index (χ0v) is 49.9. The van der Waals surface area contributed by atoms with Gasteiger partial charge in [0.2, 0.25) is 0 Å². The first-order valence-corrected chi connectivity index (χ1v) is 28.9. The first-order chi connectivity index (χ1) is 37.3. The summed E-state index contributed by atoms with van der Waals surface area (Å²) < 4.78 is 2.57. The Balaban J connectivity index is 1.17. The second kappa shape index (κ2) is 17.2. The van der Waals surface area contributed by atoms with Crippen LogP contribution in [0.3, 0.4) is 0 Å². The van der Waals surface area contributed by atoms with Crippen molar-refractivity contribution in [2.75, 3.05) is 9.80 Å². The predicted octanol–water partition coefficient (Wildman–Crippen LogP) is 18.6. The van der Waals surface area contributed by atoms with E-state index in [4.69, 9.17) is 0 Å². The number of hydrogen-bond donors (Lipinski definition) is 0. The largest absolute Gasteiger partial charge is 0.311 e. The molecule has 13 rings (SSSR count). The Bertz CT molecular complexity index is 4190. The molecule has 3 nitrogen and oxygen atoms in total. The quantitative estimate of drug-likeness (QED) is 0.163. The lowest BCUT2D eigenvalue weighted by Gasteiger charge is -2.46. The number of rotatable bonds is 4. The van der Waals surface area contributed by atoms with Crippen LogP contribution < -0.4 is 26.2 Å². The van der Waals surface area contributed by atoms with Gasteiger partial charge in [-0.15, -0.1) is 0 Å². The fourth-order valence-corrected chi connectivity index (χ4v) is 14.4. The maximum absolute atomic E-state index is 2.71. The van der Waals surface area contributed by atoms with Crippen molar-refractivity contribution in [2.24, 2.45) is 0 Å². The molecule has 10 aromatic rings. The molecule has 79 heavy (non-hydrogen) atoms. The lowest BCUT2D eigenvalue weighted by Crippen LogP contribution is -2.61. The SMILES string of the molecule is Cc1cc(C(C)(C)C)cc(C)c1N1c2cc(C(C)(C)C)ccc2B2c3cc4c5ccccc5n(-c5c(C)cccc5C)c4cc3N(c3c(C)cc(-c4cccc5c4-c4ccccc4C5(C)C)cc3C)c3cc(C(C)(C)C)cc1c32. The van der Waals surface area contributed by atoms with Crippen molar-refractivity contribution >= 4 is 79.0 Å². The Morgan fingerprint density at radius 1 is 0.380 bits per heavy atom. The molecule has 0 atom stereocenters. The number of para-hydroxylation sites is 2. The van der Waals surface area contributed by atoms with Crippen LogP contribution in [0, 0.1) is 41.5 Å². The lowest BCUT2D eigenvalue weighted by molar-refractivity contribution is 0.588. The van der Waals surface area contributed by atoms with Gasteiger partial charge in [-0.1, -0.05) is 185 Å². The summed E-state index contributed by atoms with van der Waals surface area (Å²) in [6.07, 6.45) is 0. The first-order valence-electron chi connectivity index (χ1n) is 28.9. The topological polar surface area (TPSA) is 11.4 Å². The highest BCUT2D eigenvalue weighted by molar-refractivity contribution is 7.00. The molecule has 9 aromatic carbocycles. The van der Waals surface area contributed by atoms with Crippen LogP contribution in [0.1, 0.15) is 137 Å². The van der Waals surface area contributed by atoms with Gasteiger partial charge in [0.05, 0.1) is 28.1 Å². The summed E-state index contributed by atoms with van der Waals surface area (Å²) in [5, 5.41) is 2.55. The van der Waals surface area contributed by atoms with Gasteiger partial charge in [0.15, 0.2) is 0 Å². The van der Waals surface area contributed by atoms with Crippen LogP contribution in [0.4, 0.5) is 34.1 Å². The third-order valence-corrected chi connectivity index (χ3v) is 18.5. The summed E-state index contributed by atoms with van der Waals surface area (Å²) in [7, 11) is 0. The standard InChI is InChI=1S/C75H76BN3/c1-43-24-22-25-44(2)69(43)77-61-31-21-19-26-54(61)56-41-60-64(42-62(56)77)79(70-45(3)34-49(35-46(70)4)53-28-23-30-58-67(53)55-27-18-20-29-57(55)75(58,16)17)66-40-52(74(13,14)15)39-65-68(66)76(60)59-33-32-50(72(7,8)9)38-63(59)78(65)71-47(5)36-51(37-48(71)6)73(10,11)12/h18-42H,1-17H3. The fraction of sp³-hybridized carbons (Fsp3) is 0.280. The minimum atomic E-state index is -0.170. The highest BCUT2D eigenvalue weighted by Crippen LogP contribution is 2.54. The molecule has 0 unspecified atom stereocenters. The third kappa shape index (κ3) is 7.52. The van der Waals surface area contributed by atoms with Gasteiger partial charge in [-0.2, -0.15) is 0 Å². The van der Waals surface area contributed by atoms with E-state index < -0.39 is 0 Å². The molecule has 1 aliphatic carbocycles. The van der Waals surface area contributed by atoms with Crippen molar-refractivity contribution in [3.63, 3.8) is 0 Å². The molecule has 0 fully saturated rings. The summed E-state index contributed by atoms with van der Waals surface area (Å²) in [4.78, 5) is 5.41. The van der Waals surface area contributed by atoms with Gasteiger partial charge in [-0.05, 0) is 200 Å². The van der Waals surface area contributed by atoms with Crippen molar-refractivity contribution in [1.82, 2.24) is 4.57 Å². The number of fused-ring (bicyclic) bond motifs is 10. The van der Waals surface area contributed by atoms with Crippen LogP contribution in [0.25, 0.3) is 49.7 Å².